The summed E-state index contributed by atoms with van der Waals surface area (Å²) < 4.78 is 12.7. The number of nitrogens with two attached hydrogens (primary N) is 2. The van der Waals surface area contributed by atoms with Crippen molar-refractivity contribution in [2.24, 2.45) is 11.6 Å². The minimum atomic E-state index is 0.362. The summed E-state index contributed by atoms with van der Waals surface area (Å²) in [6, 6.07) is 5.79. The van der Waals surface area contributed by atoms with Crippen LogP contribution in [-0.4, -0.2) is 31.8 Å². The predicted molar refractivity (Wildman–Crippen MR) is 99.3 cm³/mol. The van der Waals surface area contributed by atoms with Crippen molar-refractivity contribution in [1.29, 1.82) is 0 Å². The lowest BCUT2D eigenvalue weighted by molar-refractivity contribution is 0.398. The lowest BCUT2D eigenvalue weighted by Gasteiger charge is -2.22. The van der Waals surface area contributed by atoms with Gasteiger partial charge in [0.1, 0.15) is 12.1 Å². The molecule has 0 saturated heterocycles. The van der Waals surface area contributed by atoms with Gasteiger partial charge in [0.15, 0.2) is 11.5 Å². The smallest absolute Gasteiger partial charge is 0.278 e. The van der Waals surface area contributed by atoms with Gasteiger partial charge in [-0.15, -0.1) is 0 Å². The molecule has 1 aliphatic rings. The molecule has 0 amide bonds. The molecule has 9 nitrogen and oxygen atoms in total. The first-order chi connectivity index (χ1) is 13.0. The van der Waals surface area contributed by atoms with E-state index >= 15 is 0 Å². The van der Waals surface area contributed by atoms with Crippen molar-refractivity contribution in [3.8, 4) is 23.0 Å². The molecule has 4 N–H and O–H groups in total. The van der Waals surface area contributed by atoms with Gasteiger partial charge in [0.05, 0.1) is 30.7 Å². The van der Waals surface area contributed by atoms with E-state index in [1.54, 1.807) is 25.4 Å². The Morgan fingerprint density at radius 1 is 1.37 bits per heavy atom. The molecule has 0 bridgehead atoms. The Labute approximate surface area is 156 Å². The molecular formula is C18H21N7O2. The van der Waals surface area contributed by atoms with Gasteiger partial charge in [-0.05, 0) is 31.5 Å². The van der Waals surface area contributed by atoms with Crippen LogP contribution < -0.4 is 16.3 Å². The maximum Gasteiger partial charge on any atom is 0.278 e. The number of benzene rings is 1. The van der Waals surface area contributed by atoms with Gasteiger partial charge in [0, 0.05) is 11.3 Å². The van der Waals surface area contributed by atoms with Gasteiger partial charge >= 0.3 is 0 Å². The topological polar surface area (TPSA) is 121 Å². The Morgan fingerprint density at radius 2 is 2.19 bits per heavy atom. The maximum absolute atomic E-state index is 6.43. The van der Waals surface area contributed by atoms with Crippen LogP contribution in [0.25, 0.3) is 23.0 Å². The highest BCUT2D eigenvalue weighted by atomic mass is 16.5. The van der Waals surface area contributed by atoms with Gasteiger partial charge in [0.25, 0.3) is 5.89 Å². The van der Waals surface area contributed by atoms with E-state index in [0.29, 0.717) is 36.1 Å². The molecule has 4 rings (SSSR count). The summed E-state index contributed by atoms with van der Waals surface area (Å²) >= 11 is 0. The predicted octanol–water partition coefficient (Wildman–Crippen LogP) is 1.97. The largest absolute Gasteiger partial charge is 0.497 e. The monoisotopic (exact) mass is 367 g/mol. The van der Waals surface area contributed by atoms with Crippen molar-refractivity contribution in [3.63, 3.8) is 0 Å². The highest BCUT2D eigenvalue weighted by Gasteiger charge is 2.28. The van der Waals surface area contributed by atoms with E-state index in [4.69, 9.17) is 20.8 Å². The molecule has 0 radical (unpaired) electrons. The molecule has 2 aromatic heterocycles. The van der Waals surface area contributed by atoms with Crippen molar-refractivity contribution in [1.82, 2.24) is 24.7 Å². The Hall–Kier alpha value is -3.33. The zero-order valence-corrected chi connectivity index (χ0v) is 15.4. The van der Waals surface area contributed by atoms with Gasteiger partial charge in [-0.3, -0.25) is 4.57 Å². The first-order valence-electron chi connectivity index (χ1n) is 8.60. The molecule has 3 heterocycles. The Balaban J connectivity index is 1.98. The van der Waals surface area contributed by atoms with Crippen molar-refractivity contribution >= 4 is 5.70 Å². The molecule has 9 heteroatoms. The fraction of sp³-hybridized carbons (Fsp3) is 0.278. The average Bonchev–Trinajstić information content (AvgIpc) is 3.25. The van der Waals surface area contributed by atoms with Crippen molar-refractivity contribution in [3.05, 3.63) is 47.3 Å². The third-order valence-corrected chi connectivity index (χ3v) is 4.61. The third-order valence-electron chi connectivity index (χ3n) is 4.61. The number of aryl methyl sites for hydroxylation is 1. The van der Waals surface area contributed by atoms with Crippen LogP contribution in [0.15, 0.2) is 34.7 Å². The number of hydrogen-bond acceptors (Lipinski definition) is 8. The van der Waals surface area contributed by atoms with E-state index in [0.717, 1.165) is 28.4 Å². The van der Waals surface area contributed by atoms with Crippen LogP contribution in [0.5, 0.6) is 5.75 Å². The van der Waals surface area contributed by atoms with Crippen LogP contribution in [0.3, 0.4) is 0 Å². The van der Waals surface area contributed by atoms with Crippen LogP contribution in [-0.2, 0) is 6.54 Å². The van der Waals surface area contributed by atoms with E-state index < -0.39 is 0 Å². The normalized spacial score (nSPS) is 15.2. The lowest BCUT2D eigenvalue weighted by Crippen LogP contribution is -2.30. The molecule has 1 aromatic carbocycles. The van der Waals surface area contributed by atoms with Crippen LogP contribution in [0.1, 0.15) is 30.4 Å². The second-order valence-corrected chi connectivity index (χ2v) is 6.29. The summed E-state index contributed by atoms with van der Waals surface area (Å²) in [5, 5.41) is 5.49. The number of imidazole rings is 1. The highest BCUT2D eigenvalue weighted by molar-refractivity contribution is 5.76. The molecule has 140 valence electrons. The second-order valence-electron chi connectivity index (χ2n) is 6.29. The number of nitrogens with zero attached hydrogens (tertiary/aromatic N) is 5. The first-order valence-corrected chi connectivity index (χ1v) is 8.60. The average molecular weight is 367 g/mol. The second kappa shape index (κ2) is 6.44. The van der Waals surface area contributed by atoms with E-state index in [2.05, 4.69) is 15.1 Å². The molecule has 0 aliphatic carbocycles. The quantitative estimate of drug-likeness (QED) is 0.674. The summed E-state index contributed by atoms with van der Waals surface area (Å²) in [6.45, 7) is 4.14. The fourth-order valence-electron chi connectivity index (χ4n) is 3.27. The van der Waals surface area contributed by atoms with Gasteiger partial charge in [-0.25, -0.2) is 10.8 Å². The fourth-order valence-corrected chi connectivity index (χ4v) is 3.27. The van der Waals surface area contributed by atoms with E-state index in [1.165, 1.54) is 0 Å². The lowest BCUT2D eigenvalue weighted by atomic mass is 10.1. The minimum Gasteiger partial charge on any atom is -0.497 e. The van der Waals surface area contributed by atoms with Gasteiger partial charge in [-0.1, -0.05) is 12.1 Å². The molecule has 0 fully saturated rings. The number of methoxy groups -OCH3 is 1. The summed E-state index contributed by atoms with van der Waals surface area (Å²) in [4.78, 5) is 8.80. The van der Waals surface area contributed by atoms with Crippen LogP contribution in [0, 0.1) is 6.92 Å². The SMILES string of the molecule is CC/C(N)=C1\c2cc(OC)ccc2-n2cnc(-c3nc(C)no3)c2CN1N. The van der Waals surface area contributed by atoms with Crippen molar-refractivity contribution < 1.29 is 9.26 Å². The molecule has 0 atom stereocenters. The van der Waals surface area contributed by atoms with E-state index in [-0.39, 0.29) is 0 Å². The van der Waals surface area contributed by atoms with Gasteiger partial charge < -0.3 is 20.0 Å². The number of hydrogen-bond donors (Lipinski definition) is 2. The zero-order chi connectivity index (χ0) is 19.1. The number of aromatic nitrogens is 4. The van der Waals surface area contributed by atoms with Crippen LogP contribution >= 0.6 is 0 Å². The summed E-state index contributed by atoms with van der Waals surface area (Å²) in [6.07, 6.45) is 2.40. The standard InChI is InChI=1S/C18H21N7O2/c1-4-13(19)17-12-7-11(26-3)5-6-14(12)24-9-21-16(15(24)8-25(17)20)18-22-10(2)23-27-18/h5-7,9H,4,8,19-20H2,1-3H3/b17-13-. The van der Waals surface area contributed by atoms with E-state index in [1.807, 2.05) is 29.7 Å². The molecule has 0 spiro atoms. The van der Waals surface area contributed by atoms with Gasteiger partial charge in [-0.2, -0.15) is 4.98 Å². The Kier molecular flexibility index (Phi) is 4.08. The van der Waals surface area contributed by atoms with Crippen molar-refractivity contribution in [2.45, 2.75) is 26.8 Å². The van der Waals surface area contributed by atoms with E-state index in [9.17, 15) is 0 Å². The van der Waals surface area contributed by atoms with Crippen LogP contribution in [0.2, 0.25) is 0 Å². The molecule has 0 saturated carbocycles. The first kappa shape index (κ1) is 17.1. The number of rotatable bonds is 3. The summed E-state index contributed by atoms with van der Waals surface area (Å²) in [7, 11) is 1.63. The number of fused-ring (bicyclic) bond motifs is 3. The summed E-state index contributed by atoms with van der Waals surface area (Å²) in [5.41, 5.74) is 11.0. The van der Waals surface area contributed by atoms with Gasteiger partial charge in [0.2, 0.25) is 0 Å². The molecule has 1 aliphatic heterocycles. The van der Waals surface area contributed by atoms with Crippen molar-refractivity contribution in [2.75, 3.05) is 7.11 Å². The zero-order valence-electron chi connectivity index (χ0n) is 15.4. The van der Waals surface area contributed by atoms with Crippen LogP contribution in [0.4, 0.5) is 0 Å². The number of ether oxygens (including phenoxy) is 1. The Bertz CT molecular complexity index is 1030. The maximum atomic E-state index is 6.43. The summed E-state index contributed by atoms with van der Waals surface area (Å²) in [5.74, 6) is 8.07. The molecular weight excluding hydrogens is 346 g/mol. The number of allylic oxidation sites excluding steroid dienone is 1. The minimum absolute atomic E-state index is 0.362. The highest BCUT2D eigenvalue weighted by Crippen LogP contribution is 2.36. The molecule has 3 aromatic rings. The molecule has 0 unspecified atom stereocenters. The Morgan fingerprint density at radius 3 is 2.85 bits per heavy atom. The molecule has 27 heavy (non-hydrogen) atoms. The third kappa shape index (κ3) is 2.72. The number of hydrazine groups is 1.